The highest BCUT2D eigenvalue weighted by molar-refractivity contribution is 6.12. The number of carbonyl (C=O) groups excluding carboxylic acids is 1. The number of halogens is 2. The van der Waals surface area contributed by atoms with Crippen LogP contribution in [0, 0.1) is 11.8 Å². The molecule has 1 unspecified atom stereocenters. The van der Waals surface area contributed by atoms with Gasteiger partial charge in [0, 0.05) is 18.1 Å². The van der Waals surface area contributed by atoms with Crippen molar-refractivity contribution in [1.29, 1.82) is 0 Å². The summed E-state index contributed by atoms with van der Waals surface area (Å²) in [5, 5.41) is 7.77. The van der Waals surface area contributed by atoms with Gasteiger partial charge in [0.2, 0.25) is 0 Å². The third-order valence-electron chi connectivity index (χ3n) is 8.42. The highest BCUT2D eigenvalue weighted by atomic mass is 19.3. The molecule has 37 heavy (non-hydrogen) atoms. The van der Waals surface area contributed by atoms with Crippen molar-refractivity contribution in [3.63, 3.8) is 0 Å². The van der Waals surface area contributed by atoms with Gasteiger partial charge >= 0.3 is 0 Å². The minimum atomic E-state index is -2.78. The van der Waals surface area contributed by atoms with Crippen LogP contribution in [0.2, 0.25) is 0 Å². The summed E-state index contributed by atoms with van der Waals surface area (Å²) in [6, 6.07) is 9.67. The van der Waals surface area contributed by atoms with Crippen LogP contribution in [0.15, 0.2) is 36.5 Å². The number of nitrogens with zero attached hydrogens (tertiary/aromatic N) is 4. The molecule has 2 aromatic heterocycles. The van der Waals surface area contributed by atoms with Crippen molar-refractivity contribution in [3.8, 4) is 0 Å². The first-order valence-electron chi connectivity index (χ1n) is 13.3. The van der Waals surface area contributed by atoms with E-state index in [-0.39, 0.29) is 23.5 Å². The van der Waals surface area contributed by atoms with E-state index >= 15 is 0 Å². The number of carbonyl (C=O) groups is 1. The molecule has 3 aromatic rings. The molecule has 7 nitrogen and oxygen atoms in total. The number of ether oxygens (including phenoxy) is 1. The molecule has 2 bridgehead atoms. The first-order chi connectivity index (χ1) is 17.9. The number of anilines is 2. The molecule has 1 aliphatic carbocycles. The summed E-state index contributed by atoms with van der Waals surface area (Å²) in [6.07, 6.45) is 3.93. The molecule has 2 atom stereocenters. The van der Waals surface area contributed by atoms with Gasteiger partial charge in [-0.3, -0.25) is 9.48 Å². The van der Waals surface area contributed by atoms with Crippen LogP contribution in [0.3, 0.4) is 0 Å². The average molecular weight is 510 g/mol. The molecule has 2 saturated heterocycles. The summed E-state index contributed by atoms with van der Waals surface area (Å²) in [7, 11) is 0. The molecular formula is C28H33F2N5O2. The molecule has 9 heteroatoms. The maximum Gasteiger partial charge on any atom is 0.284 e. The van der Waals surface area contributed by atoms with E-state index in [9.17, 15) is 13.6 Å². The third kappa shape index (κ3) is 4.58. The van der Waals surface area contributed by atoms with E-state index in [1.807, 2.05) is 18.2 Å². The zero-order chi connectivity index (χ0) is 25.7. The Labute approximate surface area is 215 Å². The minimum Gasteiger partial charge on any atom is -0.374 e. The first kappa shape index (κ1) is 24.3. The van der Waals surface area contributed by atoms with Crippen molar-refractivity contribution in [1.82, 2.24) is 14.8 Å². The maximum absolute atomic E-state index is 13.9. The molecule has 4 heterocycles. The fourth-order valence-electron chi connectivity index (χ4n) is 6.23. The molecule has 3 aliphatic rings. The number of rotatable bonds is 6. The Bertz CT molecular complexity index is 1300. The Kier molecular flexibility index (Phi) is 6.34. The van der Waals surface area contributed by atoms with Crippen molar-refractivity contribution in [3.05, 3.63) is 47.8 Å². The van der Waals surface area contributed by atoms with Crippen molar-refractivity contribution >= 4 is 28.3 Å². The maximum atomic E-state index is 13.9. The largest absolute Gasteiger partial charge is 0.374 e. The number of hydrogen-bond acceptors (Lipinski definition) is 5. The second-order valence-corrected chi connectivity index (χ2v) is 11.0. The number of para-hydroxylation sites is 1. The molecule has 0 spiro atoms. The van der Waals surface area contributed by atoms with Gasteiger partial charge in [0.25, 0.3) is 12.3 Å². The Hall–Kier alpha value is -3.07. The summed E-state index contributed by atoms with van der Waals surface area (Å²) >= 11 is 0. The topological polar surface area (TPSA) is 72.3 Å². The monoisotopic (exact) mass is 509 g/mol. The average Bonchev–Trinajstić information content (AvgIpc) is 3.64. The van der Waals surface area contributed by atoms with Crippen molar-refractivity contribution in [2.24, 2.45) is 11.8 Å². The van der Waals surface area contributed by atoms with Gasteiger partial charge in [-0.15, -0.1) is 0 Å². The third-order valence-corrected chi connectivity index (χ3v) is 8.42. The molecule has 6 rings (SSSR count). The molecule has 1 N–H and O–H groups in total. The van der Waals surface area contributed by atoms with Crippen LogP contribution in [0.5, 0.6) is 0 Å². The van der Waals surface area contributed by atoms with E-state index in [4.69, 9.17) is 9.72 Å². The molecule has 0 radical (unpaired) electrons. The Morgan fingerprint density at radius 1 is 1.11 bits per heavy atom. The van der Waals surface area contributed by atoms with Crippen LogP contribution >= 0.6 is 0 Å². The van der Waals surface area contributed by atoms with Crippen molar-refractivity contribution in [2.45, 2.75) is 70.6 Å². The van der Waals surface area contributed by atoms with E-state index in [2.05, 4.69) is 29.2 Å². The van der Waals surface area contributed by atoms with E-state index in [0.717, 1.165) is 49.9 Å². The van der Waals surface area contributed by atoms with E-state index < -0.39 is 12.3 Å². The predicted octanol–water partition coefficient (Wildman–Crippen LogP) is 5.99. The number of hydrogen-bond donors (Lipinski definition) is 1. The van der Waals surface area contributed by atoms with Crippen LogP contribution in [-0.2, 0) is 4.74 Å². The quantitative estimate of drug-likeness (QED) is 0.442. The normalized spacial score (nSPS) is 25.5. The number of pyridine rings is 1. The number of nitrogens with one attached hydrogen (secondary N) is 1. The number of amides is 1. The lowest BCUT2D eigenvalue weighted by molar-refractivity contribution is 0.0988. The predicted molar refractivity (Wildman–Crippen MR) is 138 cm³/mol. The summed E-state index contributed by atoms with van der Waals surface area (Å²) in [4.78, 5) is 20.5. The number of benzene rings is 1. The lowest BCUT2D eigenvalue weighted by atomic mass is 9.80. The molecule has 2 aliphatic heterocycles. The second-order valence-electron chi connectivity index (χ2n) is 11.0. The van der Waals surface area contributed by atoms with Crippen LogP contribution < -0.4 is 10.2 Å². The number of aromatic nitrogens is 3. The van der Waals surface area contributed by atoms with Crippen LogP contribution in [0.4, 0.5) is 20.3 Å². The van der Waals surface area contributed by atoms with Gasteiger partial charge < -0.3 is 15.0 Å². The molecule has 1 amide bonds. The second kappa shape index (κ2) is 9.67. The highest BCUT2D eigenvalue weighted by Gasteiger charge is 2.39. The van der Waals surface area contributed by atoms with Gasteiger partial charge in [-0.25, -0.2) is 13.8 Å². The molecule has 3 fully saturated rings. The van der Waals surface area contributed by atoms with Crippen molar-refractivity contribution < 1.29 is 18.3 Å². The SMILES string of the molecule is CC(C)[C@H]1CC[C@H](n2cc(NC(=O)c3cccc4ccc(N5CC6C[C@@H]5CO6)nc34)c(C(F)F)n2)CC1. The van der Waals surface area contributed by atoms with Gasteiger partial charge in [0.1, 0.15) is 5.82 Å². The van der Waals surface area contributed by atoms with E-state index in [1.165, 1.54) is 0 Å². The summed E-state index contributed by atoms with van der Waals surface area (Å²) in [6.45, 7) is 5.94. The lowest BCUT2D eigenvalue weighted by Crippen LogP contribution is -2.37. The fraction of sp³-hybridized carbons (Fsp3) is 0.536. The fourth-order valence-corrected chi connectivity index (χ4v) is 6.23. The molecule has 1 saturated carbocycles. The first-order valence-corrected chi connectivity index (χ1v) is 13.3. The standard InChI is InChI=1S/C28H33F2N5O2/c1-16(2)17-6-9-19(10-7-17)35-14-23(26(33-35)27(29)30)31-28(36)22-5-3-4-18-8-11-24(32-25(18)22)34-13-21-12-20(34)15-37-21/h3-5,8,11,14,16-17,19-21,27H,6-7,9-10,12-13,15H2,1-2H3,(H,31,36)/t17-,19-,20-,21?/m1/s1. The summed E-state index contributed by atoms with van der Waals surface area (Å²) < 4.78 is 35.2. The van der Waals surface area contributed by atoms with Gasteiger partial charge in [0.15, 0.2) is 5.69 Å². The zero-order valence-corrected chi connectivity index (χ0v) is 21.2. The summed E-state index contributed by atoms with van der Waals surface area (Å²) in [5.41, 5.74) is 0.582. The summed E-state index contributed by atoms with van der Waals surface area (Å²) in [5.74, 6) is 1.62. The van der Waals surface area contributed by atoms with Gasteiger partial charge in [-0.05, 0) is 62.1 Å². The van der Waals surface area contributed by atoms with Crippen LogP contribution in [0.25, 0.3) is 10.9 Å². The van der Waals surface area contributed by atoms with Gasteiger partial charge in [-0.1, -0.05) is 26.0 Å². The van der Waals surface area contributed by atoms with Gasteiger partial charge in [-0.2, -0.15) is 5.10 Å². The van der Waals surface area contributed by atoms with Crippen molar-refractivity contribution in [2.75, 3.05) is 23.4 Å². The number of morpholine rings is 1. The molecular weight excluding hydrogens is 476 g/mol. The minimum absolute atomic E-state index is 0.0631. The lowest BCUT2D eigenvalue weighted by Gasteiger charge is -2.30. The molecule has 196 valence electrons. The Balaban J connectivity index is 1.25. The van der Waals surface area contributed by atoms with E-state index in [1.54, 1.807) is 23.0 Å². The number of fused-ring (bicyclic) bond motifs is 3. The zero-order valence-electron chi connectivity index (χ0n) is 21.2. The Morgan fingerprint density at radius 3 is 2.59 bits per heavy atom. The van der Waals surface area contributed by atoms with Gasteiger partial charge in [0.05, 0.1) is 41.6 Å². The highest BCUT2D eigenvalue weighted by Crippen LogP contribution is 2.38. The van der Waals surface area contributed by atoms with Crippen LogP contribution in [-0.4, -0.2) is 46.0 Å². The molecule has 1 aromatic carbocycles. The smallest absolute Gasteiger partial charge is 0.284 e. The number of alkyl halides is 2. The Morgan fingerprint density at radius 2 is 1.92 bits per heavy atom. The van der Waals surface area contributed by atoms with Crippen LogP contribution in [0.1, 0.15) is 74.5 Å². The van der Waals surface area contributed by atoms with E-state index in [0.29, 0.717) is 35.6 Å².